The molecule has 2 aromatic heterocycles. The van der Waals surface area contributed by atoms with Crippen LogP contribution in [0, 0.1) is 0 Å². The van der Waals surface area contributed by atoms with Crippen molar-refractivity contribution in [3.63, 3.8) is 0 Å². The second-order valence-corrected chi connectivity index (χ2v) is 5.10. The quantitative estimate of drug-likeness (QED) is 0.817. The number of thiophene rings is 1. The number of nitrogens with one attached hydrogen (secondary N) is 2. The molecule has 0 atom stereocenters. The van der Waals surface area contributed by atoms with Crippen LogP contribution in [0.5, 0.6) is 0 Å². The van der Waals surface area contributed by atoms with Crippen LogP contribution >= 0.6 is 11.3 Å². The van der Waals surface area contributed by atoms with E-state index in [1.807, 2.05) is 11.3 Å². The predicted octanol–water partition coefficient (Wildman–Crippen LogP) is 2.30. The van der Waals surface area contributed by atoms with Gasteiger partial charge in [-0.05, 0) is 24.3 Å². The summed E-state index contributed by atoms with van der Waals surface area (Å²) in [5, 5.41) is 13.0. The maximum Gasteiger partial charge on any atom is 0.151 e. The molecule has 90 valence electrons. The highest BCUT2D eigenvalue weighted by Crippen LogP contribution is 2.37. The summed E-state index contributed by atoms with van der Waals surface area (Å²) in [5.74, 6) is 0.980. The molecule has 2 N–H and O–H groups in total. The van der Waals surface area contributed by atoms with Gasteiger partial charge in [0, 0.05) is 29.7 Å². The lowest BCUT2D eigenvalue weighted by molar-refractivity contribution is 0.210. The minimum Gasteiger partial charge on any atom is -0.383 e. The normalized spacial score (nSPS) is 13.2. The molecule has 0 radical (unpaired) electrons. The van der Waals surface area contributed by atoms with Crippen molar-refractivity contribution < 1.29 is 4.74 Å². The minimum atomic E-state index is 0.700. The van der Waals surface area contributed by atoms with Crippen LogP contribution in [-0.2, 0) is 17.6 Å². The summed E-state index contributed by atoms with van der Waals surface area (Å²) in [6, 6.07) is 2.18. The van der Waals surface area contributed by atoms with Gasteiger partial charge < -0.3 is 10.1 Å². The van der Waals surface area contributed by atoms with Gasteiger partial charge in [-0.15, -0.1) is 11.3 Å². The van der Waals surface area contributed by atoms with Gasteiger partial charge in [-0.25, -0.2) is 0 Å². The summed E-state index contributed by atoms with van der Waals surface area (Å²) in [6.07, 6.45) is 2.19. The number of H-pyrrole nitrogens is 1. The average Bonchev–Trinajstić information content (AvgIpc) is 2.94. The zero-order chi connectivity index (χ0) is 11.7. The summed E-state index contributed by atoms with van der Waals surface area (Å²) in [6.45, 7) is 1.50. The highest BCUT2D eigenvalue weighted by molar-refractivity contribution is 7.10. The molecule has 0 aliphatic heterocycles. The molecule has 1 aliphatic carbocycles. The Morgan fingerprint density at radius 1 is 1.53 bits per heavy atom. The lowest BCUT2D eigenvalue weighted by Crippen LogP contribution is -2.10. The second-order valence-electron chi connectivity index (χ2n) is 4.10. The number of hydrogen-bond donors (Lipinski definition) is 2. The Morgan fingerprint density at radius 2 is 2.47 bits per heavy atom. The van der Waals surface area contributed by atoms with Gasteiger partial charge in [0.15, 0.2) is 5.82 Å². The number of nitrogens with zero attached hydrogens (tertiary/aromatic N) is 1. The molecule has 2 heterocycles. The molecule has 0 aromatic carbocycles. The molecule has 1 aliphatic rings. The molecule has 0 spiro atoms. The van der Waals surface area contributed by atoms with Crippen LogP contribution in [0.3, 0.4) is 0 Å². The highest BCUT2D eigenvalue weighted by Gasteiger charge is 2.22. The van der Waals surface area contributed by atoms with Gasteiger partial charge in [0.25, 0.3) is 0 Å². The van der Waals surface area contributed by atoms with Crippen molar-refractivity contribution in [2.45, 2.75) is 12.8 Å². The Bertz CT molecular complexity index is 518. The van der Waals surface area contributed by atoms with E-state index in [1.54, 1.807) is 7.11 Å². The first kappa shape index (κ1) is 10.8. The first-order valence-corrected chi connectivity index (χ1v) is 6.65. The number of aryl methyl sites for hydroxylation is 1. The van der Waals surface area contributed by atoms with Crippen molar-refractivity contribution in [2.24, 2.45) is 0 Å². The summed E-state index contributed by atoms with van der Waals surface area (Å²) in [4.78, 5) is 1.46. The molecule has 0 fully saturated rings. The maximum atomic E-state index is 5.03. The number of rotatable bonds is 4. The van der Waals surface area contributed by atoms with E-state index in [4.69, 9.17) is 4.74 Å². The van der Waals surface area contributed by atoms with Crippen LogP contribution in [0.1, 0.15) is 10.4 Å². The summed E-state index contributed by atoms with van der Waals surface area (Å²) in [7, 11) is 1.71. The molecule has 4 nitrogen and oxygen atoms in total. The van der Waals surface area contributed by atoms with E-state index < -0.39 is 0 Å². The van der Waals surface area contributed by atoms with Crippen molar-refractivity contribution in [3.05, 3.63) is 21.9 Å². The molecule has 3 rings (SSSR count). The Balaban J connectivity index is 1.87. The zero-order valence-corrected chi connectivity index (χ0v) is 10.6. The Morgan fingerprint density at radius 3 is 3.35 bits per heavy atom. The molecule has 5 heteroatoms. The van der Waals surface area contributed by atoms with Crippen molar-refractivity contribution >= 4 is 17.2 Å². The van der Waals surface area contributed by atoms with E-state index in [0.29, 0.717) is 6.61 Å². The molecule has 2 aromatic rings. The van der Waals surface area contributed by atoms with E-state index in [2.05, 4.69) is 27.0 Å². The van der Waals surface area contributed by atoms with Crippen molar-refractivity contribution in [3.8, 4) is 11.3 Å². The van der Waals surface area contributed by atoms with Gasteiger partial charge in [0.05, 0.1) is 12.3 Å². The number of fused-ring (bicyclic) bond motifs is 3. The third kappa shape index (κ3) is 1.85. The number of ether oxygens (including phenoxy) is 1. The monoisotopic (exact) mass is 249 g/mol. The Hall–Kier alpha value is -1.33. The predicted molar refractivity (Wildman–Crippen MR) is 69.7 cm³/mol. The van der Waals surface area contributed by atoms with Crippen LogP contribution in [0.2, 0.25) is 0 Å². The maximum absolute atomic E-state index is 5.03. The van der Waals surface area contributed by atoms with Gasteiger partial charge in [-0.1, -0.05) is 0 Å². The van der Waals surface area contributed by atoms with E-state index in [0.717, 1.165) is 25.2 Å². The SMILES string of the molecule is COCCNc1n[nH]c2c1CCc1sccc1-2. The molecule has 0 saturated carbocycles. The Labute approximate surface area is 104 Å². The number of aromatic nitrogens is 2. The third-order valence-corrected chi connectivity index (χ3v) is 4.06. The number of anilines is 1. The lowest BCUT2D eigenvalue weighted by Gasteiger charge is -2.12. The molecular weight excluding hydrogens is 234 g/mol. The first-order chi connectivity index (χ1) is 8.40. The fourth-order valence-electron chi connectivity index (χ4n) is 2.24. The van der Waals surface area contributed by atoms with Crippen LogP contribution in [0.15, 0.2) is 11.4 Å². The minimum absolute atomic E-state index is 0.700. The summed E-state index contributed by atoms with van der Waals surface area (Å²) < 4.78 is 5.03. The number of hydrogen-bond acceptors (Lipinski definition) is 4. The van der Waals surface area contributed by atoms with Crippen molar-refractivity contribution in [2.75, 3.05) is 25.6 Å². The van der Waals surface area contributed by atoms with E-state index >= 15 is 0 Å². The van der Waals surface area contributed by atoms with Gasteiger partial charge >= 0.3 is 0 Å². The van der Waals surface area contributed by atoms with Crippen LogP contribution in [0.4, 0.5) is 5.82 Å². The molecule has 0 unspecified atom stereocenters. The summed E-state index contributed by atoms with van der Waals surface area (Å²) >= 11 is 1.83. The van der Waals surface area contributed by atoms with E-state index in [-0.39, 0.29) is 0 Å². The topological polar surface area (TPSA) is 49.9 Å². The van der Waals surface area contributed by atoms with Gasteiger partial charge in [-0.3, -0.25) is 5.10 Å². The standard InChI is InChI=1S/C12H15N3OS/c1-16-6-5-13-12-9-2-3-10-8(4-7-17-10)11(9)14-15-12/h4,7H,2-3,5-6H2,1H3,(H2,13,14,15). The first-order valence-electron chi connectivity index (χ1n) is 5.77. The van der Waals surface area contributed by atoms with Gasteiger partial charge in [0.2, 0.25) is 0 Å². The smallest absolute Gasteiger partial charge is 0.151 e. The molecule has 17 heavy (non-hydrogen) atoms. The van der Waals surface area contributed by atoms with Crippen molar-refractivity contribution in [1.82, 2.24) is 10.2 Å². The van der Waals surface area contributed by atoms with Crippen LogP contribution in [0.25, 0.3) is 11.3 Å². The number of aromatic amines is 1. The third-order valence-electron chi connectivity index (χ3n) is 3.08. The fraction of sp³-hybridized carbons (Fsp3) is 0.417. The molecule has 0 bridgehead atoms. The fourth-order valence-corrected chi connectivity index (χ4v) is 3.13. The highest BCUT2D eigenvalue weighted by atomic mass is 32.1. The van der Waals surface area contributed by atoms with E-state index in [9.17, 15) is 0 Å². The lowest BCUT2D eigenvalue weighted by atomic mass is 9.96. The molecule has 0 amide bonds. The Kier molecular flexibility index (Phi) is 2.86. The molecule has 0 saturated heterocycles. The second kappa shape index (κ2) is 4.50. The van der Waals surface area contributed by atoms with Gasteiger partial charge in [-0.2, -0.15) is 5.10 Å². The molecular formula is C12H15N3OS. The van der Waals surface area contributed by atoms with Crippen LogP contribution < -0.4 is 5.32 Å². The zero-order valence-electron chi connectivity index (χ0n) is 9.75. The van der Waals surface area contributed by atoms with Crippen LogP contribution in [-0.4, -0.2) is 30.5 Å². The van der Waals surface area contributed by atoms with E-state index in [1.165, 1.54) is 21.7 Å². The average molecular weight is 249 g/mol. The summed E-state index contributed by atoms with van der Waals surface area (Å²) in [5.41, 5.74) is 3.82. The van der Waals surface area contributed by atoms with Crippen molar-refractivity contribution in [1.29, 1.82) is 0 Å². The van der Waals surface area contributed by atoms with Gasteiger partial charge in [0.1, 0.15) is 0 Å². The number of methoxy groups -OCH3 is 1. The largest absolute Gasteiger partial charge is 0.383 e.